The Balaban J connectivity index is 2.44. The normalized spacial score (nSPS) is 12.1. The quantitative estimate of drug-likeness (QED) is 0.730. The maximum atomic E-state index is 12.9. The van der Waals surface area contributed by atoms with Crippen molar-refractivity contribution in [1.29, 1.82) is 0 Å². The Morgan fingerprint density at radius 1 is 1.19 bits per heavy atom. The Morgan fingerprint density at radius 3 is 2.38 bits per heavy atom. The number of sulfone groups is 1. The summed E-state index contributed by atoms with van der Waals surface area (Å²) in [5.41, 5.74) is 0.529. The molecule has 0 aliphatic heterocycles. The lowest BCUT2D eigenvalue weighted by Gasteiger charge is -2.15. The van der Waals surface area contributed by atoms with Crippen molar-refractivity contribution in [1.82, 2.24) is 9.97 Å². The average molecular weight is 385 g/mol. The minimum Gasteiger partial charge on any atom is -0.486 e. The second-order valence-corrected chi connectivity index (χ2v) is 8.30. The molecule has 0 unspecified atom stereocenters. The number of rotatable bonds is 7. The summed E-state index contributed by atoms with van der Waals surface area (Å²) in [6, 6.07) is 6.08. The first kappa shape index (κ1) is 20.0. The second-order valence-electron chi connectivity index (χ2n) is 6.05. The molecule has 2 aromatic heterocycles. The first-order valence-corrected chi connectivity index (χ1v) is 9.57. The highest BCUT2D eigenvalue weighted by atomic mass is 32.2. The molecular weight excluding hydrogens is 364 g/mol. The third-order valence-electron chi connectivity index (χ3n) is 3.49. The van der Waals surface area contributed by atoms with Gasteiger partial charge in [0.05, 0.1) is 22.5 Å². The lowest BCUT2D eigenvalue weighted by molar-refractivity contribution is -0.0230. The molecule has 0 spiro atoms. The highest BCUT2D eigenvalue weighted by Gasteiger charge is 2.23. The van der Waals surface area contributed by atoms with Gasteiger partial charge in [-0.2, -0.15) is 0 Å². The molecule has 9 heteroatoms. The molecule has 0 amide bonds. The lowest BCUT2D eigenvalue weighted by atomic mass is 10.2. The number of ether oxygens (including phenoxy) is 1. The summed E-state index contributed by atoms with van der Waals surface area (Å²) in [4.78, 5) is 10.4. The van der Waals surface area contributed by atoms with Crippen molar-refractivity contribution in [2.45, 2.75) is 24.7 Å². The molecule has 0 radical (unpaired) electrons. The van der Waals surface area contributed by atoms with Crippen LogP contribution in [0, 0.1) is 0 Å². The van der Waals surface area contributed by atoms with Crippen molar-refractivity contribution in [2.24, 2.45) is 0 Å². The molecule has 2 heterocycles. The summed E-state index contributed by atoms with van der Waals surface area (Å²) in [6.07, 6.45) is 1.27. The number of anilines is 1. The first-order valence-electron chi connectivity index (χ1n) is 7.91. The molecule has 0 fully saturated rings. The molecule has 0 saturated heterocycles. The van der Waals surface area contributed by atoms with Crippen LogP contribution >= 0.6 is 0 Å². The van der Waals surface area contributed by atoms with Gasteiger partial charge in [0, 0.05) is 21.0 Å². The number of hydrogen-bond donors (Lipinski definition) is 0. The molecule has 0 N–H and O–H groups in total. The Bertz CT molecular complexity index is 864. The number of nitrogens with zero attached hydrogens (tertiary/aromatic N) is 3. The van der Waals surface area contributed by atoms with Gasteiger partial charge in [-0.3, -0.25) is 4.98 Å². The van der Waals surface area contributed by atoms with E-state index in [-0.39, 0.29) is 22.1 Å². The molecule has 2 rings (SSSR count). The van der Waals surface area contributed by atoms with Gasteiger partial charge in [-0.25, -0.2) is 22.2 Å². The van der Waals surface area contributed by atoms with E-state index in [9.17, 15) is 17.2 Å². The SMILES string of the molecule is CCS(=O)(=O)c1ccc(N(C)C)nc1-c1ccc(OCC(C)(F)F)cn1. The zero-order valence-electron chi connectivity index (χ0n) is 15.0. The molecule has 26 heavy (non-hydrogen) atoms. The smallest absolute Gasteiger partial charge is 0.278 e. The zero-order valence-corrected chi connectivity index (χ0v) is 15.8. The molecule has 6 nitrogen and oxygen atoms in total. The molecule has 0 aliphatic carbocycles. The maximum Gasteiger partial charge on any atom is 0.278 e. The summed E-state index contributed by atoms with van der Waals surface area (Å²) in [6.45, 7) is 1.54. The second kappa shape index (κ2) is 7.53. The average Bonchev–Trinajstić information content (AvgIpc) is 2.59. The van der Waals surface area contributed by atoms with Gasteiger partial charge in [0.2, 0.25) is 0 Å². The van der Waals surface area contributed by atoms with Crippen LogP contribution in [0.3, 0.4) is 0 Å². The maximum absolute atomic E-state index is 12.9. The summed E-state index contributed by atoms with van der Waals surface area (Å²) >= 11 is 0. The number of alkyl halides is 2. The molecular formula is C17H21F2N3O3S. The van der Waals surface area contributed by atoms with Gasteiger partial charge >= 0.3 is 0 Å². The zero-order chi connectivity index (χ0) is 19.5. The van der Waals surface area contributed by atoms with Gasteiger partial charge in [-0.1, -0.05) is 6.92 Å². The number of halogens is 2. The van der Waals surface area contributed by atoms with E-state index in [0.29, 0.717) is 11.5 Å². The summed E-state index contributed by atoms with van der Waals surface area (Å²) in [7, 11) is 0.0636. The van der Waals surface area contributed by atoms with E-state index in [1.54, 1.807) is 32.0 Å². The fourth-order valence-corrected chi connectivity index (χ4v) is 3.12. The number of aromatic nitrogens is 2. The minimum atomic E-state index is -3.51. The van der Waals surface area contributed by atoms with E-state index in [1.807, 2.05) is 0 Å². The van der Waals surface area contributed by atoms with Gasteiger partial charge in [0.25, 0.3) is 5.92 Å². The monoisotopic (exact) mass is 385 g/mol. The van der Waals surface area contributed by atoms with Crippen LogP contribution in [-0.2, 0) is 9.84 Å². The van der Waals surface area contributed by atoms with Gasteiger partial charge in [-0.15, -0.1) is 0 Å². The predicted molar refractivity (Wildman–Crippen MR) is 95.6 cm³/mol. The van der Waals surface area contributed by atoms with Crippen molar-refractivity contribution in [3.63, 3.8) is 0 Å². The molecule has 0 bridgehead atoms. The van der Waals surface area contributed by atoms with Crippen LogP contribution in [0.2, 0.25) is 0 Å². The molecule has 0 atom stereocenters. The number of pyridine rings is 2. The van der Waals surface area contributed by atoms with Gasteiger partial charge in [0.15, 0.2) is 16.4 Å². The van der Waals surface area contributed by atoms with Crippen LogP contribution < -0.4 is 9.64 Å². The fraction of sp³-hybridized carbons (Fsp3) is 0.412. The largest absolute Gasteiger partial charge is 0.486 e. The fourth-order valence-electron chi connectivity index (χ4n) is 2.09. The Hall–Kier alpha value is -2.29. The third-order valence-corrected chi connectivity index (χ3v) is 5.25. The van der Waals surface area contributed by atoms with E-state index in [2.05, 4.69) is 9.97 Å². The van der Waals surface area contributed by atoms with Crippen molar-refractivity contribution < 1.29 is 21.9 Å². The topological polar surface area (TPSA) is 72.4 Å². The van der Waals surface area contributed by atoms with Crippen LogP contribution in [0.1, 0.15) is 13.8 Å². The van der Waals surface area contributed by atoms with Crippen LogP contribution in [-0.4, -0.2) is 50.8 Å². The van der Waals surface area contributed by atoms with Gasteiger partial charge < -0.3 is 9.64 Å². The van der Waals surface area contributed by atoms with Gasteiger partial charge in [0.1, 0.15) is 17.3 Å². The predicted octanol–water partition coefficient (Wildman–Crippen LogP) is 3.04. The summed E-state index contributed by atoms with van der Waals surface area (Å²) in [5, 5.41) is 0. The summed E-state index contributed by atoms with van der Waals surface area (Å²) < 4.78 is 55.5. The molecule has 0 aromatic carbocycles. The van der Waals surface area contributed by atoms with Crippen LogP contribution in [0.4, 0.5) is 14.6 Å². The van der Waals surface area contributed by atoms with Crippen molar-refractivity contribution >= 4 is 15.7 Å². The summed E-state index contributed by atoms with van der Waals surface area (Å²) in [5.74, 6) is -2.29. The van der Waals surface area contributed by atoms with Crippen molar-refractivity contribution in [2.75, 3.05) is 31.4 Å². The lowest BCUT2D eigenvalue weighted by Crippen LogP contribution is -2.20. The Kier molecular flexibility index (Phi) is 5.80. The van der Waals surface area contributed by atoms with Crippen LogP contribution in [0.25, 0.3) is 11.4 Å². The molecule has 0 saturated carbocycles. The van der Waals surface area contributed by atoms with E-state index < -0.39 is 22.4 Å². The standard InChI is InChI=1S/C17H21F2N3O3S/c1-5-26(23,24)14-8-9-15(22(3)4)21-16(14)13-7-6-12(10-20-13)25-11-17(2,18)19/h6-10H,5,11H2,1-4H3. The van der Waals surface area contributed by atoms with Crippen LogP contribution in [0.15, 0.2) is 35.4 Å². The molecule has 2 aromatic rings. The van der Waals surface area contributed by atoms with Crippen molar-refractivity contribution in [3.05, 3.63) is 30.5 Å². The van der Waals surface area contributed by atoms with Crippen LogP contribution in [0.5, 0.6) is 5.75 Å². The Morgan fingerprint density at radius 2 is 1.88 bits per heavy atom. The highest BCUT2D eigenvalue weighted by molar-refractivity contribution is 7.91. The van der Waals surface area contributed by atoms with E-state index in [1.165, 1.54) is 24.4 Å². The number of hydrogen-bond acceptors (Lipinski definition) is 6. The Labute approximate surface area is 151 Å². The van der Waals surface area contributed by atoms with E-state index >= 15 is 0 Å². The first-order chi connectivity index (χ1) is 12.0. The minimum absolute atomic E-state index is 0.0736. The van der Waals surface area contributed by atoms with E-state index in [0.717, 1.165) is 6.92 Å². The van der Waals surface area contributed by atoms with Crippen molar-refractivity contribution in [3.8, 4) is 17.1 Å². The van der Waals surface area contributed by atoms with E-state index in [4.69, 9.17) is 4.74 Å². The highest BCUT2D eigenvalue weighted by Crippen LogP contribution is 2.28. The molecule has 0 aliphatic rings. The van der Waals surface area contributed by atoms with Gasteiger partial charge in [-0.05, 0) is 24.3 Å². The molecule has 142 valence electrons. The third kappa shape index (κ3) is 4.87.